The number of aromatic nitrogens is 2. The van der Waals surface area contributed by atoms with Crippen LogP contribution in [0.15, 0.2) is 18.5 Å². The first kappa shape index (κ1) is 25.1. The Bertz CT molecular complexity index is 1060. The van der Waals surface area contributed by atoms with Gasteiger partial charge in [-0.2, -0.15) is 18.3 Å². The van der Waals surface area contributed by atoms with Gasteiger partial charge in [-0.3, -0.25) is 9.58 Å². The number of aliphatic hydroxyl groups is 3. The van der Waals surface area contributed by atoms with Crippen LogP contribution in [0.4, 0.5) is 13.2 Å². The highest BCUT2D eigenvalue weighted by molar-refractivity contribution is 7.12. The first-order valence-electron chi connectivity index (χ1n) is 11.7. The van der Waals surface area contributed by atoms with Gasteiger partial charge in [0, 0.05) is 47.8 Å². The van der Waals surface area contributed by atoms with E-state index in [1.54, 1.807) is 10.9 Å². The molecule has 194 valence electrons. The maximum absolute atomic E-state index is 13.4. The Morgan fingerprint density at radius 3 is 2.77 bits per heavy atom. The zero-order chi connectivity index (χ0) is 25.0. The molecule has 3 aliphatic rings. The molecule has 5 heterocycles. The van der Waals surface area contributed by atoms with Gasteiger partial charge in [0.2, 0.25) is 0 Å². The molecule has 0 aliphatic carbocycles. The van der Waals surface area contributed by atoms with Crippen LogP contribution in [0, 0.1) is 0 Å². The smallest absolute Gasteiger partial charge is 0.391 e. The van der Waals surface area contributed by atoms with Crippen molar-refractivity contribution in [2.24, 2.45) is 0 Å². The quantitative estimate of drug-likeness (QED) is 0.541. The molecule has 1 unspecified atom stereocenters. The van der Waals surface area contributed by atoms with Crippen molar-refractivity contribution in [1.29, 1.82) is 0 Å². The zero-order valence-electron chi connectivity index (χ0n) is 19.4. The molecular formula is C23H30F3N3O5S. The van der Waals surface area contributed by atoms with E-state index in [2.05, 4.69) is 10.00 Å². The number of thiophene rings is 1. The molecule has 2 aromatic rings. The fourth-order valence-corrected chi connectivity index (χ4v) is 6.63. The van der Waals surface area contributed by atoms with Gasteiger partial charge in [0.25, 0.3) is 0 Å². The fraction of sp³-hybridized carbons (Fsp3) is 0.696. The lowest BCUT2D eigenvalue weighted by Gasteiger charge is -2.47. The number of alkyl halides is 3. The van der Waals surface area contributed by atoms with Gasteiger partial charge >= 0.3 is 6.18 Å². The summed E-state index contributed by atoms with van der Waals surface area (Å²) in [6.07, 6.45) is -1.36. The number of halogens is 3. The molecule has 0 bridgehead atoms. The number of hydrogen-bond acceptors (Lipinski definition) is 8. The highest BCUT2D eigenvalue weighted by Crippen LogP contribution is 2.51. The molecule has 0 aromatic carbocycles. The summed E-state index contributed by atoms with van der Waals surface area (Å²) in [6, 6.07) is 1.11. The zero-order valence-corrected chi connectivity index (χ0v) is 20.2. The van der Waals surface area contributed by atoms with Crippen molar-refractivity contribution in [1.82, 2.24) is 14.7 Å². The maximum atomic E-state index is 13.4. The number of nitrogens with zero attached hydrogens (tertiary/aromatic N) is 3. The SMILES string of the molecule is C[C@H]1C[C@@]2(CCN1Cc1cnn(CC(O)CC3(O)COC3)c1)OC[C@@H](O)c1cc(C(F)(F)F)sc12. The Morgan fingerprint density at radius 2 is 2.11 bits per heavy atom. The van der Waals surface area contributed by atoms with E-state index in [1.165, 1.54) is 0 Å². The van der Waals surface area contributed by atoms with Crippen LogP contribution in [-0.4, -0.2) is 74.1 Å². The van der Waals surface area contributed by atoms with Crippen LogP contribution in [0.1, 0.15) is 53.2 Å². The van der Waals surface area contributed by atoms with Crippen molar-refractivity contribution < 1.29 is 38.0 Å². The largest absolute Gasteiger partial charge is 0.425 e. The third-order valence-corrected chi connectivity index (χ3v) is 8.59. The Hall–Kier alpha value is -1.54. The number of ether oxygens (including phenoxy) is 2. The lowest BCUT2D eigenvalue weighted by Crippen LogP contribution is -2.52. The number of rotatable bonds is 6. The van der Waals surface area contributed by atoms with Crippen molar-refractivity contribution in [3.8, 4) is 0 Å². The molecule has 8 nitrogen and oxygen atoms in total. The molecule has 5 rings (SSSR count). The van der Waals surface area contributed by atoms with Gasteiger partial charge in [-0.05, 0) is 25.8 Å². The van der Waals surface area contributed by atoms with Crippen LogP contribution in [0.5, 0.6) is 0 Å². The van der Waals surface area contributed by atoms with E-state index in [9.17, 15) is 28.5 Å². The summed E-state index contributed by atoms with van der Waals surface area (Å²) in [4.78, 5) is 2.03. The van der Waals surface area contributed by atoms with Crippen molar-refractivity contribution in [2.45, 2.75) is 74.9 Å². The molecule has 2 saturated heterocycles. The third kappa shape index (κ3) is 5.02. The summed E-state index contributed by atoms with van der Waals surface area (Å²) in [7, 11) is 0. The molecule has 0 amide bonds. The van der Waals surface area contributed by atoms with Crippen LogP contribution in [-0.2, 0) is 34.3 Å². The molecule has 3 aliphatic heterocycles. The lowest BCUT2D eigenvalue weighted by atomic mass is 9.81. The molecule has 12 heteroatoms. The van der Waals surface area contributed by atoms with Crippen LogP contribution in [0.25, 0.3) is 0 Å². The van der Waals surface area contributed by atoms with Gasteiger partial charge in [0.1, 0.15) is 22.2 Å². The minimum absolute atomic E-state index is 0.00982. The van der Waals surface area contributed by atoms with E-state index in [0.29, 0.717) is 47.7 Å². The average molecular weight is 518 g/mol. The minimum Gasteiger partial charge on any atom is -0.391 e. The van der Waals surface area contributed by atoms with Gasteiger partial charge in [0.05, 0.1) is 38.7 Å². The van der Waals surface area contributed by atoms with E-state index in [0.717, 1.165) is 11.6 Å². The highest BCUT2D eigenvalue weighted by Gasteiger charge is 2.48. The van der Waals surface area contributed by atoms with Crippen molar-refractivity contribution >= 4 is 11.3 Å². The van der Waals surface area contributed by atoms with Gasteiger partial charge < -0.3 is 24.8 Å². The summed E-state index contributed by atoms with van der Waals surface area (Å²) in [6.45, 7) is 3.98. The Kier molecular flexibility index (Phi) is 6.52. The van der Waals surface area contributed by atoms with Gasteiger partial charge in [-0.15, -0.1) is 11.3 Å². The number of fused-ring (bicyclic) bond motifs is 2. The molecule has 2 fully saturated rings. The predicted molar refractivity (Wildman–Crippen MR) is 120 cm³/mol. The number of aliphatic hydroxyl groups excluding tert-OH is 2. The molecule has 3 N–H and O–H groups in total. The Morgan fingerprint density at radius 1 is 1.34 bits per heavy atom. The number of hydrogen-bond donors (Lipinski definition) is 3. The Balaban J connectivity index is 1.23. The van der Waals surface area contributed by atoms with E-state index in [1.807, 2.05) is 13.1 Å². The van der Waals surface area contributed by atoms with Crippen LogP contribution < -0.4 is 0 Å². The summed E-state index contributed by atoms with van der Waals surface area (Å²) in [5.41, 5.74) is -0.484. The molecule has 35 heavy (non-hydrogen) atoms. The van der Waals surface area contributed by atoms with Gasteiger partial charge in [-0.25, -0.2) is 0 Å². The first-order chi connectivity index (χ1) is 16.5. The normalized spacial score (nSPS) is 29.7. The minimum atomic E-state index is -4.45. The summed E-state index contributed by atoms with van der Waals surface area (Å²) in [5.74, 6) is 0. The topological polar surface area (TPSA) is 100 Å². The third-order valence-electron chi connectivity index (χ3n) is 7.21. The first-order valence-corrected chi connectivity index (χ1v) is 12.6. The second-order valence-corrected chi connectivity index (χ2v) is 11.2. The Labute approximate surface area is 204 Å². The monoisotopic (exact) mass is 517 g/mol. The van der Waals surface area contributed by atoms with E-state index >= 15 is 0 Å². The summed E-state index contributed by atoms with van der Waals surface area (Å²) < 4.78 is 52.8. The standard InChI is InChI=1S/C23H30F3N3O5S/c1-14-5-22(20-17(18(31)11-34-22)4-19(35-20)23(24,25)26)2-3-28(14)8-15-7-27-29(9-15)10-16(30)6-21(32)12-33-13-21/h4,7,9,14,16,18,30-32H,2-3,5-6,8,10-13H2,1H3/t14-,16?,18+,22+/m0/s1. The van der Waals surface area contributed by atoms with E-state index in [4.69, 9.17) is 9.47 Å². The highest BCUT2D eigenvalue weighted by atomic mass is 32.1. The van der Waals surface area contributed by atoms with Crippen LogP contribution in [0.3, 0.4) is 0 Å². The predicted octanol–water partition coefficient (Wildman–Crippen LogP) is 2.42. The fourth-order valence-electron chi connectivity index (χ4n) is 5.36. The van der Waals surface area contributed by atoms with E-state index < -0.39 is 34.5 Å². The number of piperidine rings is 1. The number of likely N-dealkylation sites (tertiary alicyclic amines) is 1. The van der Waals surface area contributed by atoms with Gasteiger partial charge in [-0.1, -0.05) is 0 Å². The van der Waals surface area contributed by atoms with Crippen LogP contribution in [0.2, 0.25) is 0 Å². The second kappa shape index (κ2) is 9.09. The summed E-state index contributed by atoms with van der Waals surface area (Å²) >= 11 is 0.686. The molecule has 4 atom stereocenters. The van der Waals surface area contributed by atoms with Crippen LogP contribution >= 0.6 is 11.3 Å². The summed E-state index contributed by atoms with van der Waals surface area (Å²) in [5, 5.41) is 35.0. The van der Waals surface area contributed by atoms with Crippen molar-refractivity contribution in [3.63, 3.8) is 0 Å². The molecule has 1 spiro atoms. The molecular weight excluding hydrogens is 487 g/mol. The van der Waals surface area contributed by atoms with E-state index in [-0.39, 0.29) is 38.8 Å². The molecule has 0 radical (unpaired) electrons. The molecule has 2 aromatic heterocycles. The lowest BCUT2D eigenvalue weighted by molar-refractivity contribution is -0.192. The molecule has 0 saturated carbocycles. The average Bonchev–Trinajstić information content (AvgIpc) is 3.40. The van der Waals surface area contributed by atoms with Gasteiger partial charge in [0.15, 0.2) is 0 Å². The van der Waals surface area contributed by atoms with Crippen molar-refractivity contribution in [3.05, 3.63) is 39.3 Å². The second-order valence-electron chi connectivity index (χ2n) is 10.1. The maximum Gasteiger partial charge on any atom is 0.425 e. The van der Waals surface area contributed by atoms with Crippen molar-refractivity contribution in [2.75, 3.05) is 26.4 Å².